The fourth-order valence-corrected chi connectivity index (χ4v) is 7.25. The molecule has 0 saturated carbocycles. The lowest BCUT2D eigenvalue weighted by molar-refractivity contribution is -0.192. The van der Waals surface area contributed by atoms with Gasteiger partial charge in [0.25, 0.3) is 0 Å². The van der Waals surface area contributed by atoms with E-state index < -0.39 is 109 Å². The molecule has 2 aliphatic heterocycles. The van der Waals surface area contributed by atoms with Crippen LogP contribution in [0.4, 0.5) is 13.2 Å². The number of carbonyl (C=O) groups excluding carboxylic acids is 6. The van der Waals surface area contributed by atoms with Gasteiger partial charge in [-0.15, -0.1) is 11.3 Å². The fraction of sp³-hybridized carbons (Fsp3) is 0.611. The summed E-state index contributed by atoms with van der Waals surface area (Å²) in [6.07, 6.45) is -4.68. The van der Waals surface area contributed by atoms with Crippen LogP contribution in [0.15, 0.2) is 27.5 Å². The number of carbonyl (C=O) groups is 8. The Labute approximate surface area is 373 Å². The first kappa shape index (κ1) is 54.8. The summed E-state index contributed by atoms with van der Waals surface area (Å²) in [5, 5.41) is 47.8. The molecule has 364 valence electrons. The van der Waals surface area contributed by atoms with Crippen molar-refractivity contribution in [3.05, 3.63) is 22.4 Å². The quantitative estimate of drug-likeness (QED) is 0.0294. The van der Waals surface area contributed by atoms with Gasteiger partial charge in [0.15, 0.2) is 11.9 Å². The van der Waals surface area contributed by atoms with Crippen molar-refractivity contribution >= 4 is 70.6 Å². The van der Waals surface area contributed by atoms with Gasteiger partial charge in [0.2, 0.25) is 35.4 Å². The Morgan fingerprint density at radius 2 is 1.46 bits per heavy atom. The van der Waals surface area contributed by atoms with Crippen molar-refractivity contribution in [3.63, 3.8) is 0 Å². The average molecular weight is 952 g/mol. The summed E-state index contributed by atoms with van der Waals surface area (Å²) in [5.74, 6) is -8.74. The lowest BCUT2D eigenvalue weighted by Gasteiger charge is -2.33. The average Bonchev–Trinajstić information content (AvgIpc) is 4.02. The van der Waals surface area contributed by atoms with Crippen LogP contribution in [0.2, 0.25) is 0 Å². The van der Waals surface area contributed by atoms with Gasteiger partial charge in [-0.05, 0) is 50.0 Å². The smallest absolute Gasteiger partial charge is 0.480 e. The summed E-state index contributed by atoms with van der Waals surface area (Å²) >= 11 is 1.29. The molecule has 2 saturated heterocycles. The highest BCUT2D eigenvalue weighted by Gasteiger charge is 2.46. The molecule has 0 radical (unpaired) electrons. The second-order valence-corrected chi connectivity index (χ2v) is 15.7. The molecule has 0 spiro atoms. The molecule has 0 aliphatic carbocycles. The van der Waals surface area contributed by atoms with E-state index in [1.807, 2.05) is 0 Å². The van der Waals surface area contributed by atoms with E-state index >= 15 is 0 Å². The summed E-state index contributed by atoms with van der Waals surface area (Å²) in [6, 6.07) is -3.80. The van der Waals surface area contributed by atoms with Crippen LogP contribution >= 0.6 is 11.3 Å². The van der Waals surface area contributed by atoms with Gasteiger partial charge in [0.05, 0.1) is 25.3 Å². The number of guanidine groups is 2. The molecule has 65 heavy (non-hydrogen) atoms. The Hall–Kier alpha value is -6.33. The highest BCUT2D eigenvalue weighted by molar-refractivity contribution is 7.09. The number of aliphatic hydroxyl groups is 2. The Morgan fingerprint density at radius 3 is 2.00 bits per heavy atom. The molecular weight excluding hydrogens is 896 g/mol. The third kappa shape index (κ3) is 18.7. The second-order valence-electron chi connectivity index (χ2n) is 14.7. The number of alkyl halides is 3. The van der Waals surface area contributed by atoms with Gasteiger partial charge < -0.3 is 80.2 Å². The summed E-state index contributed by atoms with van der Waals surface area (Å²) in [5.41, 5.74) is 27.6. The van der Waals surface area contributed by atoms with Crippen LogP contribution < -0.4 is 49.9 Å². The van der Waals surface area contributed by atoms with Gasteiger partial charge in [-0.1, -0.05) is 6.07 Å². The number of rotatable bonds is 22. The number of nitrogens with two attached hydrogens (primary N) is 5. The van der Waals surface area contributed by atoms with Crippen LogP contribution in [0.3, 0.4) is 0 Å². The molecule has 0 bridgehead atoms. The number of nitrogens with zero attached hydrogens (tertiary/aromatic N) is 4. The number of carboxylic acids is 2. The van der Waals surface area contributed by atoms with Crippen LogP contribution in [0.25, 0.3) is 0 Å². The van der Waals surface area contributed by atoms with Crippen molar-refractivity contribution in [2.24, 2.45) is 38.7 Å². The standard InChI is InChI=1S/C34H55N13O10S.C2HF3O2/c35-20(6-1-9-40-33(36)37)27(51)44-21(7-2-10-41-34(38)39)30(54)46-11-3-8-24(46)31(55)47-16-18(49)13-25(47)29(53)42-15-26(50)43-22(14-19-5-4-12-58-19)28(52)45-23(17-48)32(56)57;3-2(4,5)1(6)7/h4-5,12,18,20-25,48-49H,1-3,6-11,13-17,35H2,(H,42,53)(H,43,50)(H,44,51)(H,45,52)(H,56,57)(H4,36,37,40)(H4,38,39,41);(H,6,7)/t18-,20-,21+,22+,23+,24+,25+;/m1./s1. The van der Waals surface area contributed by atoms with Gasteiger partial charge in [0, 0.05) is 43.9 Å². The van der Waals surface area contributed by atoms with E-state index in [0.29, 0.717) is 24.1 Å². The molecule has 2 fully saturated rings. The third-order valence-corrected chi connectivity index (χ3v) is 10.5. The van der Waals surface area contributed by atoms with Crippen molar-refractivity contribution in [1.82, 2.24) is 31.1 Å². The van der Waals surface area contributed by atoms with E-state index in [1.165, 1.54) is 16.2 Å². The van der Waals surface area contributed by atoms with Crippen LogP contribution in [-0.4, -0.2) is 177 Å². The maximum atomic E-state index is 14.1. The van der Waals surface area contributed by atoms with Gasteiger partial charge in [-0.3, -0.25) is 38.8 Å². The maximum absolute atomic E-state index is 14.1. The zero-order valence-electron chi connectivity index (χ0n) is 34.9. The lowest BCUT2D eigenvalue weighted by atomic mass is 10.1. The molecule has 0 aromatic carbocycles. The molecule has 1 aromatic rings. The van der Waals surface area contributed by atoms with Crippen molar-refractivity contribution in [2.45, 2.75) is 99.9 Å². The second kappa shape index (κ2) is 26.5. The Bertz CT molecular complexity index is 1870. The molecule has 18 N–H and O–H groups in total. The number of aliphatic imine (C=N–C) groups is 2. The lowest BCUT2D eigenvalue weighted by Crippen LogP contribution is -2.58. The summed E-state index contributed by atoms with van der Waals surface area (Å²) in [6.45, 7) is -1.19. The van der Waals surface area contributed by atoms with Gasteiger partial charge >= 0.3 is 18.1 Å². The Kier molecular flexibility index (Phi) is 22.3. The first-order chi connectivity index (χ1) is 30.5. The SMILES string of the molecule is NC(N)=NCCC[C@@H](N)C(=O)N[C@@H](CCCN=C(N)N)C(=O)N1CCC[C@H]1C(=O)N1C[C@H](O)C[C@H]1C(=O)NCC(=O)N[C@@H](Cc1cccs1)C(=O)N[C@@H](CO)C(=O)O.O=C(O)C(F)(F)F. The van der Waals surface area contributed by atoms with Gasteiger partial charge in [-0.2, -0.15) is 13.2 Å². The van der Waals surface area contributed by atoms with E-state index in [-0.39, 0.29) is 70.2 Å². The van der Waals surface area contributed by atoms with Crippen molar-refractivity contribution in [2.75, 3.05) is 39.3 Å². The van der Waals surface area contributed by atoms with E-state index in [4.69, 9.17) is 38.6 Å². The minimum absolute atomic E-state index is 0.0109. The minimum atomic E-state index is -5.08. The van der Waals surface area contributed by atoms with E-state index in [2.05, 4.69) is 31.3 Å². The Balaban J connectivity index is 0.00000191. The molecule has 7 atom stereocenters. The summed E-state index contributed by atoms with van der Waals surface area (Å²) in [7, 11) is 0. The first-order valence-electron chi connectivity index (χ1n) is 20.0. The number of aliphatic carboxylic acids is 2. The largest absolute Gasteiger partial charge is 0.490 e. The topological polar surface area (TPSA) is 427 Å². The predicted octanol–water partition coefficient (Wildman–Crippen LogP) is -5.04. The maximum Gasteiger partial charge on any atom is 0.490 e. The van der Waals surface area contributed by atoms with Crippen LogP contribution in [0, 0.1) is 0 Å². The molecule has 25 nitrogen and oxygen atoms in total. The van der Waals surface area contributed by atoms with Crippen molar-refractivity contribution < 1.29 is 72.0 Å². The zero-order valence-corrected chi connectivity index (χ0v) is 35.8. The number of hydrogen-bond acceptors (Lipinski definition) is 14. The van der Waals surface area contributed by atoms with Crippen molar-refractivity contribution in [1.29, 1.82) is 0 Å². The van der Waals surface area contributed by atoms with Crippen LogP contribution in [0.1, 0.15) is 49.8 Å². The first-order valence-corrected chi connectivity index (χ1v) is 20.8. The summed E-state index contributed by atoms with van der Waals surface area (Å²) < 4.78 is 31.7. The molecule has 29 heteroatoms. The van der Waals surface area contributed by atoms with E-state index in [0.717, 1.165) is 4.90 Å². The Morgan fingerprint density at radius 1 is 0.862 bits per heavy atom. The molecular formula is C36H56F3N13O12S. The number of thiophene rings is 1. The number of halogens is 3. The fourth-order valence-electron chi connectivity index (χ4n) is 6.50. The summed E-state index contributed by atoms with van der Waals surface area (Å²) in [4.78, 5) is 112. The number of β-amino-alcohol motifs (C(OH)–C–C–N with tert-alkyl or cyclic N) is 1. The molecule has 1 aromatic heterocycles. The molecule has 3 heterocycles. The van der Waals surface area contributed by atoms with E-state index in [9.17, 15) is 62.1 Å². The van der Waals surface area contributed by atoms with Crippen LogP contribution in [-0.2, 0) is 44.8 Å². The zero-order chi connectivity index (χ0) is 49.0. The number of amides is 6. The van der Waals surface area contributed by atoms with E-state index in [1.54, 1.807) is 17.5 Å². The minimum Gasteiger partial charge on any atom is -0.480 e. The third-order valence-electron chi connectivity index (χ3n) is 9.65. The highest BCUT2D eigenvalue weighted by atomic mass is 32.1. The monoisotopic (exact) mass is 951 g/mol. The number of aliphatic hydroxyl groups excluding tert-OH is 2. The van der Waals surface area contributed by atoms with Crippen LogP contribution in [0.5, 0.6) is 0 Å². The number of carboxylic acid groups (broad SMARTS) is 2. The van der Waals surface area contributed by atoms with Gasteiger partial charge in [-0.25, -0.2) is 9.59 Å². The molecule has 3 rings (SSSR count). The van der Waals surface area contributed by atoms with Crippen molar-refractivity contribution in [3.8, 4) is 0 Å². The van der Waals surface area contributed by atoms with Gasteiger partial charge in [0.1, 0.15) is 30.2 Å². The predicted molar refractivity (Wildman–Crippen MR) is 224 cm³/mol. The number of hydrogen-bond donors (Lipinski definition) is 13. The highest BCUT2D eigenvalue weighted by Crippen LogP contribution is 2.26. The number of nitrogens with one attached hydrogen (secondary N) is 4. The molecule has 6 amide bonds. The molecule has 2 aliphatic rings. The molecule has 0 unspecified atom stereocenters. The number of likely N-dealkylation sites (tertiary alicyclic amines) is 2. The normalized spacial score (nSPS) is 18.6.